The number of nitrogens with one attached hydrogen (secondary N) is 2. The number of benzene rings is 1. The van der Waals surface area contributed by atoms with Gasteiger partial charge in [0.05, 0.1) is 19.1 Å². The second-order valence-electron chi connectivity index (χ2n) is 6.36. The van der Waals surface area contributed by atoms with Crippen LogP contribution >= 0.6 is 0 Å². The molecule has 26 heavy (non-hydrogen) atoms. The van der Waals surface area contributed by atoms with Gasteiger partial charge in [-0.25, -0.2) is 4.79 Å². The van der Waals surface area contributed by atoms with Crippen molar-refractivity contribution in [3.63, 3.8) is 0 Å². The van der Waals surface area contributed by atoms with E-state index in [4.69, 9.17) is 9.52 Å². The Bertz CT molecular complexity index is 768. The molecule has 0 aliphatic heterocycles. The number of hydrogen-bond donors (Lipinski definition) is 3. The summed E-state index contributed by atoms with van der Waals surface area (Å²) < 4.78 is 5.03. The molecule has 1 aromatic heterocycles. The first-order valence-electron chi connectivity index (χ1n) is 8.30. The van der Waals surface area contributed by atoms with Crippen LogP contribution in [0.15, 0.2) is 47.3 Å². The molecule has 0 radical (unpaired) electrons. The highest BCUT2D eigenvalue weighted by Crippen LogP contribution is 2.20. The standard InChI is InChI=1S/C19H22N2O5/c1-12(2)8-16(19(24)25)21-17(22)10-20-18(23)14-5-3-4-13(9-14)15-6-7-26-11-15/h3-7,9,11-12,16H,8,10H2,1-2H3,(H,20,23)(H,21,22)(H,24,25)/t16-/m0/s1. The molecular weight excluding hydrogens is 336 g/mol. The Labute approximate surface area is 151 Å². The van der Waals surface area contributed by atoms with Gasteiger partial charge in [-0.05, 0) is 36.1 Å². The Hall–Kier alpha value is -3.09. The van der Waals surface area contributed by atoms with Crippen LogP contribution in [0, 0.1) is 5.92 Å². The Kier molecular flexibility index (Phi) is 6.54. The van der Waals surface area contributed by atoms with Crippen molar-refractivity contribution in [2.24, 2.45) is 5.92 Å². The van der Waals surface area contributed by atoms with Crippen LogP contribution in [-0.4, -0.2) is 35.5 Å². The molecule has 0 unspecified atom stereocenters. The Balaban J connectivity index is 1.93. The lowest BCUT2D eigenvalue weighted by molar-refractivity contribution is -0.142. The molecule has 0 spiro atoms. The quantitative estimate of drug-likeness (QED) is 0.671. The maximum Gasteiger partial charge on any atom is 0.326 e. The van der Waals surface area contributed by atoms with Crippen LogP contribution in [0.3, 0.4) is 0 Å². The Morgan fingerprint density at radius 3 is 2.54 bits per heavy atom. The number of carbonyl (C=O) groups is 3. The molecule has 138 valence electrons. The van der Waals surface area contributed by atoms with Crippen LogP contribution in [0.5, 0.6) is 0 Å². The molecular formula is C19H22N2O5. The molecule has 0 aliphatic rings. The highest BCUT2D eigenvalue weighted by Gasteiger charge is 2.21. The summed E-state index contributed by atoms with van der Waals surface area (Å²) in [5.41, 5.74) is 2.06. The minimum atomic E-state index is -1.09. The first-order valence-corrected chi connectivity index (χ1v) is 8.30. The zero-order chi connectivity index (χ0) is 19.1. The summed E-state index contributed by atoms with van der Waals surface area (Å²) in [6, 6.07) is 7.72. The van der Waals surface area contributed by atoms with Crippen LogP contribution in [0.25, 0.3) is 11.1 Å². The molecule has 0 aliphatic carbocycles. The lowest BCUT2D eigenvalue weighted by Gasteiger charge is -2.16. The molecule has 0 fully saturated rings. The van der Waals surface area contributed by atoms with E-state index < -0.39 is 23.8 Å². The van der Waals surface area contributed by atoms with E-state index in [1.807, 2.05) is 19.9 Å². The molecule has 7 heteroatoms. The Morgan fingerprint density at radius 2 is 1.92 bits per heavy atom. The Morgan fingerprint density at radius 1 is 1.15 bits per heavy atom. The maximum atomic E-state index is 12.2. The van der Waals surface area contributed by atoms with Crippen LogP contribution in [0.2, 0.25) is 0 Å². The van der Waals surface area contributed by atoms with Gasteiger partial charge in [0.1, 0.15) is 6.04 Å². The van der Waals surface area contributed by atoms with Crippen molar-refractivity contribution in [2.75, 3.05) is 6.54 Å². The molecule has 3 N–H and O–H groups in total. The van der Waals surface area contributed by atoms with Gasteiger partial charge in [0.15, 0.2) is 0 Å². The number of furan rings is 1. The summed E-state index contributed by atoms with van der Waals surface area (Å²) in [6.45, 7) is 3.45. The molecule has 0 saturated heterocycles. The van der Waals surface area contributed by atoms with Gasteiger partial charge < -0.3 is 20.2 Å². The summed E-state index contributed by atoms with van der Waals surface area (Å²) in [6.07, 6.45) is 3.44. The van der Waals surface area contributed by atoms with Crippen LogP contribution in [-0.2, 0) is 9.59 Å². The third-order valence-electron chi connectivity index (χ3n) is 3.73. The second kappa shape index (κ2) is 8.84. The SMILES string of the molecule is CC(C)C[C@H](NC(=O)CNC(=O)c1cccc(-c2ccoc2)c1)C(=O)O. The topological polar surface area (TPSA) is 109 Å². The molecule has 0 bridgehead atoms. The smallest absolute Gasteiger partial charge is 0.326 e. The van der Waals surface area contributed by atoms with Crippen molar-refractivity contribution in [1.82, 2.24) is 10.6 Å². The average Bonchev–Trinajstić information content (AvgIpc) is 3.13. The fourth-order valence-corrected chi connectivity index (χ4v) is 2.47. The molecule has 0 saturated carbocycles. The number of carboxylic acid groups (broad SMARTS) is 1. The number of hydrogen-bond acceptors (Lipinski definition) is 4. The van der Waals surface area contributed by atoms with Crippen molar-refractivity contribution in [3.8, 4) is 11.1 Å². The summed E-state index contributed by atoms with van der Waals surface area (Å²) in [7, 11) is 0. The molecule has 1 heterocycles. The predicted octanol–water partition coefficient (Wildman–Crippen LogP) is 2.29. The van der Waals surface area contributed by atoms with Gasteiger partial charge in [-0.1, -0.05) is 26.0 Å². The maximum absolute atomic E-state index is 12.2. The predicted molar refractivity (Wildman–Crippen MR) is 95.5 cm³/mol. The van der Waals surface area contributed by atoms with Crippen LogP contribution in [0.1, 0.15) is 30.6 Å². The van der Waals surface area contributed by atoms with Crippen LogP contribution in [0.4, 0.5) is 0 Å². The fraction of sp³-hybridized carbons (Fsp3) is 0.316. The second-order valence-corrected chi connectivity index (χ2v) is 6.36. The van der Waals surface area contributed by atoms with E-state index in [2.05, 4.69) is 10.6 Å². The van der Waals surface area contributed by atoms with E-state index in [9.17, 15) is 14.4 Å². The third-order valence-corrected chi connectivity index (χ3v) is 3.73. The normalized spacial score (nSPS) is 11.8. The van der Waals surface area contributed by atoms with E-state index in [1.54, 1.807) is 36.8 Å². The number of carbonyl (C=O) groups excluding carboxylic acids is 2. The van der Waals surface area contributed by atoms with E-state index in [0.717, 1.165) is 11.1 Å². The van der Waals surface area contributed by atoms with Crippen molar-refractivity contribution >= 4 is 17.8 Å². The summed E-state index contributed by atoms with van der Waals surface area (Å²) in [5, 5.41) is 14.1. The highest BCUT2D eigenvalue weighted by molar-refractivity contribution is 5.97. The molecule has 2 aromatic rings. The van der Waals surface area contributed by atoms with Gasteiger partial charge >= 0.3 is 5.97 Å². The van der Waals surface area contributed by atoms with E-state index in [-0.39, 0.29) is 12.5 Å². The minimum absolute atomic E-state index is 0.122. The zero-order valence-electron chi connectivity index (χ0n) is 14.7. The molecule has 1 atom stereocenters. The molecule has 2 rings (SSSR count). The molecule has 2 amide bonds. The van der Waals surface area contributed by atoms with Gasteiger partial charge in [0.2, 0.25) is 5.91 Å². The highest BCUT2D eigenvalue weighted by atomic mass is 16.4. The van der Waals surface area contributed by atoms with Crippen molar-refractivity contribution < 1.29 is 23.9 Å². The average molecular weight is 358 g/mol. The summed E-state index contributed by atoms with van der Waals surface area (Å²) in [5.74, 6) is -1.93. The van der Waals surface area contributed by atoms with E-state index in [1.165, 1.54) is 0 Å². The van der Waals surface area contributed by atoms with Gasteiger partial charge in [-0.2, -0.15) is 0 Å². The molecule has 1 aromatic carbocycles. The lowest BCUT2D eigenvalue weighted by Crippen LogP contribution is -2.46. The fourth-order valence-electron chi connectivity index (χ4n) is 2.47. The number of aliphatic carboxylic acids is 1. The van der Waals surface area contributed by atoms with Gasteiger partial charge in [0.25, 0.3) is 5.91 Å². The van der Waals surface area contributed by atoms with Crippen LogP contribution < -0.4 is 10.6 Å². The molecule has 7 nitrogen and oxygen atoms in total. The van der Waals surface area contributed by atoms with Gasteiger partial charge in [-0.3, -0.25) is 9.59 Å². The van der Waals surface area contributed by atoms with E-state index >= 15 is 0 Å². The first-order chi connectivity index (χ1) is 12.4. The van der Waals surface area contributed by atoms with Crippen molar-refractivity contribution in [1.29, 1.82) is 0 Å². The summed E-state index contributed by atoms with van der Waals surface area (Å²) >= 11 is 0. The van der Waals surface area contributed by atoms with Crippen molar-refractivity contribution in [2.45, 2.75) is 26.3 Å². The van der Waals surface area contributed by atoms with Gasteiger partial charge in [0, 0.05) is 11.1 Å². The zero-order valence-corrected chi connectivity index (χ0v) is 14.7. The first kappa shape index (κ1) is 19.2. The number of amides is 2. The third kappa shape index (κ3) is 5.47. The van der Waals surface area contributed by atoms with Crippen molar-refractivity contribution in [3.05, 3.63) is 48.4 Å². The lowest BCUT2D eigenvalue weighted by atomic mass is 10.0. The largest absolute Gasteiger partial charge is 0.480 e. The monoisotopic (exact) mass is 358 g/mol. The number of rotatable bonds is 8. The number of carboxylic acids is 1. The van der Waals surface area contributed by atoms with E-state index in [0.29, 0.717) is 12.0 Å². The van der Waals surface area contributed by atoms with Gasteiger partial charge in [-0.15, -0.1) is 0 Å². The minimum Gasteiger partial charge on any atom is -0.480 e. The summed E-state index contributed by atoms with van der Waals surface area (Å²) in [4.78, 5) is 35.3.